The lowest BCUT2D eigenvalue weighted by molar-refractivity contribution is -0.139. The minimum atomic E-state index is -0.325. The summed E-state index contributed by atoms with van der Waals surface area (Å²) < 4.78 is 4.47. The van der Waals surface area contributed by atoms with E-state index in [0.29, 0.717) is 0 Å². The number of phenols is 1. The molecular formula is C12H11NO3. The number of ether oxygens (including phenoxy) is 1. The number of nitriles is 1. The van der Waals surface area contributed by atoms with Gasteiger partial charge in [0.15, 0.2) is 0 Å². The number of hydrogen-bond acceptors (Lipinski definition) is 4. The van der Waals surface area contributed by atoms with Crippen LogP contribution in [0.3, 0.4) is 0 Å². The van der Waals surface area contributed by atoms with Gasteiger partial charge in [-0.25, -0.2) is 0 Å². The molecule has 0 aliphatic heterocycles. The predicted molar refractivity (Wildman–Crippen MR) is 58.5 cm³/mol. The number of benzene rings is 1. The van der Waals surface area contributed by atoms with Gasteiger partial charge in [-0.05, 0) is 17.7 Å². The number of methoxy groups -OCH3 is 1. The number of carbonyl (C=O) groups is 1. The predicted octanol–water partition coefficient (Wildman–Crippen LogP) is 1.84. The lowest BCUT2D eigenvalue weighted by atomic mass is 10.1. The zero-order valence-electron chi connectivity index (χ0n) is 8.80. The second-order valence-corrected chi connectivity index (χ2v) is 3.07. The van der Waals surface area contributed by atoms with Crippen LogP contribution in [-0.4, -0.2) is 18.2 Å². The maximum Gasteiger partial charge on any atom is 0.309 e. The average molecular weight is 217 g/mol. The molecule has 82 valence electrons. The summed E-state index contributed by atoms with van der Waals surface area (Å²) >= 11 is 0. The Kier molecular flexibility index (Phi) is 4.10. The molecule has 0 atom stereocenters. The molecular weight excluding hydrogens is 206 g/mol. The zero-order valence-corrected chi connectivity index (χ0v) is 8.80. The summed E-state index contributed by atoms with van der Waals surface area (Å²) in [6.07, 6.45) is 3.49. The topological polar surface area (TPSA) is 70.3 Å². The molecule has 0 amide bonds. The van der Waals surface area contributed by atoms with Gasteiger partial charge >= 0.3 is 5.97 Å². The molecule has 1 N–H and O–H groups in total. The van der Waals surface area contributed by atoms with E-state index in [1.807, 2.05) is 6.07 Å². The van der Waals surface area contributed by atoms with Gasteiger partial charge < -0.3 is 9.84 Å². The van der Waals surface area contributed by atoms with Crippen molar-refractivity contribution >= 4 is 12.0 Å². The summed E-state index contributed by atoms with van der Waals surface area (Å²) in [5.41, 5.74) is 0.950. The Morgan fingerprint density at radius 3 is 2.94 bits per heavy atom. The van der Waals surface area contributed by atoms with Gasteiger partial charge in [0, 0.05) is 0 Å². The van der Waals surface area contributed by atoms with Crippen LogP contribution in [-0.2, 0) is 9.53 Å². The van der Waals surface area contributed by atoms with Gasteiger partial charge in [0.05, 0.1) is 19.1 Å². The summed E-state index contributed by atoms with van der Waals surface area (Å²) in [6.45, 7) is 0. The Morgan fingerprint density at radius 1 is 1.62 bits per heavy atom. The summed E-state index contributed by atoms with van der Waals surface area (Å²) in [4.78, 5) is 10.8. The fourth-order valence-corrected chi connectivity index (χ4v) is 1.12. The van der Waals surface area contributed by atoms with Crippen molar-refractivity contribution in [3.05, 3.63) is 35.4 Å². The van der Waals surface area contributed by atoms with Crippen LogP contribution < -0.4 is 0 Å². The van der Waals surface area contributed by atoms with E-state index in [-0.39, 0.29) is 23.7 Å². The third-order valence-electron chi connectivity index (χ3n) is 1.96. The van der Waals surface area contributed by atoms with E-state index in [4.69, 9.17) is 5.26 Å². The number of nitrogens with zero attached hydrogens (tertiary/aromatic N) is 1. The quantitative estimate of drug-likeness (QED) is 0.784. The number of esters is 1. The zero-order chi connectivity index (χ0) is 12.0. The van der Waals surface area contributed by atoms with Crippen LogP contribution in [0.4, 0.5) is 0 Å². The molecule has 0 unspecified atom stereocenters. The van der Waals surface area contributed by atoms with E-state index >= 15 is 0 Å². The number of rotatable bonds is 3. The Labute approximate surface area is 93.4 Å². The van der Waals surface area contributed by atoms with Crippen LogP contribution in [0.25, 0.3) is 6.08 Å². The first kappa shape index (κ1) is 11.8. The molecule has 0 aromatic heterocycles. The fraction of sp³-hybridized carbons (Fsp3) is 0.167. The first-order valence-electron chi connectivity index (χ1n) is 4.64. The number of carbonyl (C=O) groups excluding carboxylic acids is 1. The smallest absolute Gasteiger partial charge is 0.309 e. The van der Waals surface area contributed by atoms with Gasteiger partial charge in [0.2, 0.25) is 0 Å². The highest BCUT2D eigenvalue weighted by atomic mass is 16.5. The third-order valence-corrected chi connectivity index (χ3v) is 1.96. The van der Waals surface area contributed by atoms with Gasteiger partial charge in [0.25, 0.3) is 0 Å². The summed E-state index contributed by atoms with van der Waals surface area (Å²) in [5.74, 6) is -0.392. The largest absolute Gasteiger partial charge is 0.507 e. The minimum absolute atomic E-state index is 0.0669. The molecule has 0 radical (unpaired) electrons. The lowest BCUT2D eigenvalue weighted by Crippen LogP contribution is -1.96. The van der Waals surface area contributed by atoms with E-state index in [1.165, 1.54) is 19.2 Å². The Balaban J connectivity index is 2.72. The Morgan fingerprint density at radius 2 is 2.38 bits per heavy atom. The van der Waals surface area contributed by atoms with Crippen LogP contribution in [0.5, 0.6) is 5.75 Å². The maximum absolute atomic E-state index is 10.8. The van der Waals surface area contributed by atoms with Gasteiger partial charge in [-0.3, -0.25) is 4.79 Å². The molecule has 1 aromatic rings. The second-order valence-electron chi connectivity index (χ2n) is 3.07. The molecule has 1 aromatic carbocycles. The van der Waals surface area contributed by atoms with Crippen molar-refractivity contribution in [3.63, 3.8) is 0 Å². The van der Waals surface area contributed by atoms with E-state index in [0.717, 1.165) is 5.56 Å². The highest BCUT2D eigenvalue weighted by Crippen LogP contribution is 2.18. The molecule has 0 aliphatic rings. The Bertz CT molecular complexity index is 458. The molecule has 16 heavy (non-hydrogen) atoms. The fourth-order valence-electron chi connectivity index (χ4n) is 1.12. The van der Waals surface area contributed by atoms with Crippen LogP contribution in [0.1, 0.15) is 17.5 Å². The molecule has 4 nitrogen and oxygen atoms in total. The third kappa shape index (κ3) is 3.14. The van der Waals surface area contributed by atoms with Crippen LogP contribution >= 0.6 is 0 Å². The molecule has 0 saturated carbocycles. The van der Waals surface area contributed by atoms with E-state index in [1.54, 1.807) is 18.2 Å². The maximum atomic E-state index is 10.8. The SMILES string of the molecule is COC(=O)CC=Cc1ccc(C#N)c(O)c1. The molecule has 0 spiro atoms. The van der Waals surface area contributed by atoms with Crippen LogP contribution in [0, 0.1) is 11.3 Å². The first-order valence-corrected chi connectivity index (χ1v) is 4.64. The highest BCUT2D eigenvalue weighted by molar-refractivity contribution is 5.72. The second kappa shape index (κ2) is 5.56. The van der Waals surface area contributed by atoms with E-state index in [2.05, 4.69) is 4.74 Å². The monoisotopic (exact) mass is 217 g/mol. The lowest BCUT2D eigenvalue weighted by Gasteiger charge is -1.97. The van der Waals surface area contributed by atoms with Gasteiger partial charge in [-0.15, -0.1) is 0 Å². The summed E-state index contributed by atoms with van der Waals surface area (Å²) in [5, 5.41) is 18.0. The van der Waals surface area contributed by atoms with Crippen LogP contribution in [0.15, 0.2) is 24.3 Å². The molecule has 1 rings (SSSR count). The minimum Gasteiger partial charge on any atom is -0.507 e. The van der Waals surface area contributed by atoms with Crippen LogP contribution in [0.2, 0.25) is 0 Å². The number of phenolic OH excluding ortho intramolecular Hbond substituents is 1. The van der Waals surface area contributed by atoms with E-state index in [9.17, 15) is 9.90 Å². The standard InChI is InChI=1S/C12H11NO3/c1-16-12(15)4-2-3-9-5-6-10(8-13)11(14)7-9/h2-3,5-7,14H,4H2,1H3. The van der Waals surface area contributed by atoms with Gasteiger partial charge in [-0.2, -0.15) is 5.26 Å². The number of aromatic hydroxyl groups is 1. The van der Waals surface area contributed by atoms with Crippen molar-refractivity contribution in [1.82, 2.24) is 0 Å². The molecule has 4 heteroatoms. The Hall–Kier alpha value is -2.28. The average Bonchev–Trinajstić information content (AvgIpc) is 2.29. The first-order chi connectivity index (χ1) is 7.67. The van der Waals surface area contributed by atoms with Crippen molar-refractivity contribution in [1.29, 1.82) is 5.26 Å². The molecule has 0 heterocycles. The molecule has 0 saturated heterocycles. The van der Waals surface area contributed by atoms with Crippen molar-refractivity contribution in [2.45, 2.75) is 6.42 Å². The summed E-state index contributed by atoms with van der Waals surface area (Å²) in [7, 11) is 1.32. The highest BCUT2D eigenvalue weighted by Gasteiger charge is 1.99. The van der Waals surface area contributed by atoms with Gasteiger partial charge in [-0.1, -0.05) is 18.2 Å². The van der Waals surface area contributed by atoms with Crippen molar-refractivity contribution in [2.24, 2.45) is 0 Å². The van der Waals surface area contributed by atoms with Crippen molar-refractivity contribution in [3.8, 4) is 11.8 Å². The van der Waals surface area contributed by atoms with Crippen molar-refractivity contribution in [2.75, 3.05) is 7.11 Å². The summed E-state index contributed by atoms with van der Waals surface area (Å²) in [6, 6.07) is 6.53. The van der Waals surface area contributed by atoms with E-state index < -0.39 is 0 Å². The van der Waals surface area contributed by atoms with Gasteiger partial charge in [0.1, 0.15) is 11.8 Å². The molecule has 0 bridgehead atoms. The van der Waals surface area contributed by atoms with Crippen molar-refractivity contribution < 1.29 is 14.6 Å². The molecule has 0 fully saturated rings. The number of hydrogen-bond donors (Lipinski definition) is 1. The normalized spacial score (nSPS) is 10.0. The molecule has 0 aliphatic carbocycles.